The second-order valence-corrected chi connectivity index (χ2v) is 1.35. The Hall–Kier alpha value is -1.72. The maximum atomic E-state index is 10.0. The van der Waals surface area contributed by atoms with Gasteiger partial charge in [-0.25, -0.2) is 4.79 Å². The summed E-state index contributed by atoms with van der Waals surface area (Å²) < 4.78 is 3.13. The Bertz CT molecular complexity index is 296. The third-order valence-electron chi connectivity index (χ3n) is 0.780. The Morgan fingerprint density at radius 2 is 2.33 bits per heavy atom. The Morgan fingerprint density at radius 1 is 1.67 bits per heavy atom. The molecule has 1 aliphatic rings. The lowest BCUT2D eigenvalue weighted by Gasteiger charge is -1.78. The quantitative estimate of drug-likeness (QED) is 0.343. The molecular weight excluding hydrogens is 122 g/mol. The van der Waals surface area contributed by atoms with Gasteiger partial charge in [0.25, 0.3) is 0 Å². The van der Waals surface area contributed by atoms with E-state index in [2.05, 4.69) is 16.3 Å². The van der Waals surface area contributed by atoms with Crippen LogP contribution in [0.3, 0.4) is 0 Å². The molecule has 0 aromatic carbocycles. The summed E-state index contributed by atoms with van der Waals surface area (Å²) in [7, 11) is 0. The third kappa shape index (κ3) is 0.763. The number of rotatable bonds is 1. The second-order valence-electron chi connectivity index (χ2n) is 1.35. The minimum absolute atomic E-state index is 0.338. The molecule has 0 amide bonds. The van der Waals surface area contributed by atoms with Crippen LogP contribution in [0.1, 0.15) is 0 Å². The molecule has 4 nitrogen and oxygen atoms in total. The van der Waals surface area contributed by atoms with E-state index in [1.54, 1.807) is 0 Å². The number of hydrogen-bond donors (Lipinski definition) is 2. The topological polar surface area (TPSA) is 71.6 Å². The van der Waals surface area contributed by atoms with Crippen LogP contribution in [0.4, 0.5) is 0 Å². The molecule has 1 aliphatic heterocycles. The standard InChI is InChI=1S/C5HNO3/c7-4-3(5(8)9)1-2-6-4/h(H,8,9)/p+1. The van der Waals surface area contributed by atoms with Crippen LogP contribution in [0, 0.1) is 0 Å². The molecule has 0 aliphatic carbocycles. The highest BCUT2D eigenvalue weighted by molar-refractivity contribution is 6.16. The van der Waals surface area contributed by atoms with Crippen LogP contribution >= 0.6 is 0 Å². The van der Waals surface area contributed by atoms with Crippen molar-refractivity contribution in [2.75, 3.05) is 0 Å². The highest BCUT2D eigenvalue weighted by Crippen LogP contribution is 1.90. The van der Waals surface area contributed by atoms with Crippen molar-refractivity contribution in [3.8, 4) is 0 Å². The van der Waals surface area contributed by atoms with Gasteiger partial charge in [-0.1, -0.05) is 0 Å². The summed E-state index contributed by atoms with van der Waals surface area (Å²) in [6, 6.07) is 0. The van der Waals surface area contributed by atoms with Gasteiger partial charge in [0.1, 0.15) is 0 Å². The minimum Gasteiger partial charge on any atom is -0.477 e. The van der Waals surface area contributed by atoms with Crippen LogP contribution < -0.4 is 4.67 Å². The number of hydrogen-bond acceptors (Lipinski definition) is 1. The number of carboxylic acids is 1. The van der Waals surface area contributed by atoms with Crippen LogP contribution in [-0.4, -0.2) is 27.9 Å². The first kappa shape index (κ1) is 5.42. The normalized spacial score (nSPS) is 13.3. The molecule has 0 atom stereocenters. The largest absolute Gasteiger partial charge is 0.523 e. The van der Waals surface area contributed by atoms with Gasteiger partial charge in [0, 0.05) is 10.4 Å². The van der Waals surface area contributed by atoms with Crippen molar-refractivity contribution in [1.29, 1.82) is 0 Å². The minimum atomic E-state index is -1.25. The monoisotopic (exact) mass is 124 g/mol. The first-order chi connectivity index (χ1) is 4.22. The van der Waals surface area contributed by atoms with E-state index in [9.17, 15) is 4.79 Å². The first-order valence-corrected chi connectivity index (χ1v) is 2.10. The maximum Gasteiger partial charge on any atom is 0.523 e. The smallest absolute Gasteiger partial charge is 0.477 e. The fourth-order valence-corrected chi connectivity index (χ4v) is 0.398. The summed E-state index contributed by atoms with van der Waals surface area (Å²) >= 11 is 0. The number of carboxylic acid groups (broad SMARTS) is 1. The molecule has 44 valence electrons. The van der Waals surface area contributed by atoms with E-state index in [0.29, 0.717) is 0 Å². The Kier molecular flexibility index (Phi) is 0.997. The highest BCUT2D eigenvalue weighted by atomic mass is 16.4. The van der Waals surface area contributed by atoms with Crippen LogP contribution in [0.2, 0.25) is 0 Å². The number of aliphatic hydroxyl groups is 1. The fraction of sp³-hybridized carbons (Fsp3) is 0. The lowest BCUT2D eigenvalue weighted by molar-refractivity contribution is -0.132. The van der Waals surface area contributed by atoms with E-state index in [0.717, 1.165) is 0 Å². The highest BCUT2D eigenvalue weighted by Gasteiger charge is 2.25. The number of nitrogens with zero attached hydrogens (tertiary/aromatic N) is 1. The van der Waals surface area contributed by atoms with Crippen molar-refractivity contribution in [1.82, 2.24) is 4.67 Å². The zero-order valence-electron chi connectivity index (χ0n) is 4.25. The summed E-state index contributed by atoms with van der Waals surface area (Å²) in [6.45, 7) is 0. The molecule has 0 radical (unpaired) electrons. The van der Waals surface area contributed by atoms with E-state index in [1.165, 1.54) is 0 Å². The zero-order valence-corrected chi connectivity index (χ0v) is 4.25. The second kappa shape index (κ2) is 1.66. The average molecular weight is 124 g/mol. The lowest BCUT2D eigenvalue weighted by atomic mass is 10.3. The van der Waals surface area contributed by atoms with Crippen molar-refractivity contribution in [3.05, 3.63) is 11.3 Å². The molecule has 0 unspecified atom stereocenters. The van der Waals surface area contributed by atoms with Crippen molar-refractivity contribution in [2.45, 2.75) is 0 Å². The van der Waals surface area contributed by atoms with Gasteiger partial charge in [-0.05, 0) is 0 Å². The van der Waals surface area contributed by atoms with Crippen LogP contribution in [-0.2, 0) is 4.79 Å². The molecule has 0 saturated heterocycles. The number of aliphatic hydroxyl groups excluding tert-OH is 1. The molecule has 1 heterocycles. The predicted molar refractivity (Wildman–Crippen MR) is 29.4 cm³/mol. The van der Waals surface area contributed by atoms with Gasteiger partial charge in [0.05, 0.1) is 0 Å². The van der Waals surface area contributed by atoms with Gasteiger partial charge in [-0.3, -0.25) is 0 Å². The Labute approximate surface area is 49.8 Å². The summed E-state index contributed by atoms with van der Waals surface area (Å²) in [4.78, 5) is 10.0. The summed E-state index contributed by atoms with van der Waals surface area (Å²) in [5, 5.41) is 16.8. The molecule has 9 heavy (non-hydrogen) atoms. The Morgan fingerprint density at radius 3 is 2.56 bits per heavy atom. The van der Waals surface area contributed by atoms with Crippen molar-refractivity contribution in [2.24, 2.45) is 0 Å². The molecule has 0 aromatic rings. The molecule has 0 aromatic heterocycles. The van der Waals surface area contributed by atoms with E-state index >= 15 is 0 Å². The van der Waals surface area contributed by atoms with Gasteiger partial charge < -0.3 is 10.2 Å². The van der Waals surface area contributed by atoms with Crippen molar-refractivity contribution in [3.63, 3.8) is 0 Å². The SMILES string of the molecule is O=C(O)C1=C=C=[N+]=C1O. The molecular formula is C5H2NO3+. The number of aliphatic carboxylic acids is 1. The van der Waals surface area contributed by atoms with E-state index in [1.807, 2.05) is 0 Å². The van der Waals surface area contributed by atoms with Gasteiger partial charge in [-0.2, -0.15) is 0 Å². The molecule has 0 saturated carbocycles. The van der Waals surface area contributed by atoms with Gasteiger partial charge in [-0.15, -0.1) is 0 Å². The van der Waals surface area contributed by atoms with E-state index in [4.69, 9.17) is 10.2 Å². The fourth-order valence-electron chi connectivity index (χ4n) is 0.398. The summed E-state index contributed by atoms with van der Waals surface area (Å²) in [5.41, 5.74) is 1.78. The van der Waals surface area contributed by atoms with Crippen molar-refractivity contribution < 1.29 is 15.0 Å². The zero-order chi connectivity index (χ0) is 6.85. The number of carbonyl (C=O) groups is 1. The molecule has 0 spiro atoms. The first-order valence-electron chi connectivity index (χ1n) is 2.10. The van der Waals surface area contributed by atoms with Crippen LogP contribution in [0.25, 0.3) is 0 Å². The van der Waals surface area contributed by atoms with Gasteiger partial charge >= 0.3 is 17.7 Å². The molecule has 1 rings (SSSR count). The van der Waals surface area contributed by atoms with Crippen LogP contribution in [0.5, 0.6) is 0 Å². The maximum absolute atomic E-state index is 10.0. The summed E-state index contributed by atoms with van der Waals surface area (Å²) in [6.07, 6.45) is 0. The summed E-state index contributed by atoms with van der Waals surface area (Å²) in [5.74, 6) is 0.285. The Balaban J connectivity index is 3.08. The third-order valence-corrected chi connectivity index (χ3v) is 0.780. The van der Waals surface area contributed by atoms with Gasteiger partial charge in [0.15, 0.2) is 0 Å². The van der Waals surface area contributed by atoms with E-state index in [-0.39, 0.29) is 5.57 Å². The van der Waals surface area contributed by atoms with Crippen LogP contribution in [0.15, 0.2) is 11.3 Å². The van der Waals surface area contributed by atoms with Crippen molar-refractivity contribution >= 4 is 17.7 Å². The molecule has 2 N–H and O–H groups in total. The van der Waals surface area contributed by atoms with E-state index < -0.39 is 11.9 Å². The van der Waals surface area contributed by atoms with Gasteiger partial charge in [0.2, 0.25) is 5.57 Å². The predicted octanol–water partition coefficient (Wildman–Crippen LogP) is -1.14. The molecule has 0 bridgehead atoms. The average Bonchev–Trinajstić information content (AvgIpc) is 2.13. The lowest BCUT2D eigenvalue weighted by Crippen LogP contribution is -2.10. The molecule has 4 heteroatoms. The molecule has 0 fully saturated rings.